The second kappa shape index (κ2) is 7.74. The van der Waals surface area contributed by atoms with Crippen LogP contribution in [0.15, 0.2) is 24.3 Å². The van der Waals surface area contributed by atoms with E-state index in [1.807, 2.05) is 0 Å². The third kappa shape index (κ3) is 4.81. The Labute approximate surface area is 143 Å². The zero-order chi connectivity index (χ0) is 15.5. The Balaban J connectivity index is 2.58. The van der Waals surface area contributed by atoms with Crippen molar-refractivity contribution in [2.45, 2.75) is 50.3 Å². The van der Waals surface area contributed by atoms with Crippen LogP contribution in [-0.2, 0) is 0 Å². The van der Waals surface area contributed by atoms with Crippen LogP contribution < -0.4 is 0 Å². The molecule has 0 radical (unpaired) electrons. The summed E-state index contributed by atoms with van der Waals surface area (Å²) in [5.74, 6) is 0.405. The van der Waals surface area contributed by atoms with Crippen molar-refractivity contribution in [1.29, 1.82) is 0 Å². The highest BCUT2D eigenvalue weighted by molar-refractivity contribution is 6.34. The first-order chi connectivity index (χ1) is 9.16. The fourth-order valence-corrected chi connectivity index (χ4v) is 3.84. The van der Waals surface area contributed by atoms with E-state index >= 15 is 0 Å². The molecule has 0 aromatic rings. The van der Waals surface area contributed by atoms with Crippen LogP contribution in [0, 0.1) is 11.3 Å². The first-order valence-corrected chi connectivity index (χ1v) is 8.43. The van der Waals surface area contributed by atoms with Crippen LogP contribution in [0.2, 0.25) is 0 Å². The molecule has 3 atom stereocenters. The SMILES string of the molecule is C=C(CC[C@@H]1C(=C)CC[C@H](Cl)C1(C)C)C(Cl)CN(Cl)Cl. The molecule has 0 saturated heterocycles. The second-order valence-corrected chi connectivity index (χ2v) is 8.23. The molecular formula is C15H23Cl4N. The first kappa shape index (κ1) is 18.6. The lowest BCUT2D eigenvalue weighted by molar-refractivity contribution is 0.186. The molecule has 0 bridgehead atoms. The smallest absolute Gasteiger partial charge is 0.0696 e. The molecule has 1 nitrogen and oxygen atoms in total. The van der Waals surface area contributed by atoms with Gasteiger partial charge in [0.2, 0.25) is 0 Å². The molecule has 1 aliphatic rings. The van der Waals surface area contributed by atoms with Crippen molar-refractivity contribution in [1.82, 2.24) is 3.94 Å². The molecule has 20 heavy (non-hydrogen) atoms. The van der Waals surface area contributed by atoms with Gasteiger partial charge in [0.15, 0.2) is 0 Å². The van der Waals surface area contributed by atoms with E-state index in [0.29, 0.717) is 12.5 Å². The molecule has 0 aromatic heterocycles. The number of hydrogen-bond acceptors (Lipinski definition) is 1. The van der Waals surface area contributed by atoms with Gasteiger partial charge in [-0.1, -0.05) is 38.2 Å². The summed E-state index contributed by atoms with van der Waals surface area (Å²) in [7, 11) is 0. The highest BCUT2D eigenvalue weighted by atomic mass is 35.5. The average Bonchev–Trinajstić information content (AvgIpc) is 2.32. The third-order valence-corrected chi connectivity index (χ3v) is 5.92. The number of allylic oxidation sites excluding steroid dienone is 1. The topological polar surface area (TPSA) is 3.24 Å². The minimum absolute atomic E-state index is 0.0595. The Kier molecular flexibility index (Phi) is 7.22. The van der Waals surface area contributed by atoms with Gasteiger partial charge in [0.05, 0.1) is 11.9 Å². The average molecular weight is 359 g/mol. The number of alkyl halides is 2. The van der Waals surface area contributed by atoms with E-state index in [9.17, 15) is 0 Å². The zero-order valence-corrected chi connectivity index (χ0v) is 15.2. The van der Waals surface area contributed by atoms with Crippen LogP contribution in [0.4, 0.5) is 0 Å². The van der Waals surface area contributed by atoms with Crippen LogP contribution in [0.1, 0.15) is 39.5 Å². The number of rotatable bonds is 6. The summed E-state index contributed by atoms with van der Waals surface area (Å²) < 4.78 is 1.04. The van der Waals surface area contributed by atoms with Gasteiger partial charge in [0.1, 0.15) is 0 Å². The minimum atomic E-state index is -0.239. The van der Waals surface area contributed by atoms with Crippen LogP contribution in [0.5, 0.6) is 0 Å². The number of halogens is 4. The third-order valence-electron chi connectivity index (χ3n) is 4.41. The highest BCUT2D eigenvalue weighted by Crippen LogP contribution is 2.48. The molecule has 1 aliphatic carbocycles. The molecule has 0 N–H and O–H groups in total. The maximum Gasteiger partial charge on any atom is 0.0696 e. The van der Waals surface area contributed by atoms with Gasteiger partial charge >= 0.3 is 0 Å². The quantitative estimate of drug-likeness (QED) is 0.313. The van der Waals surface area contributed by atoms with Crippen LogP contribution in [0.25, 0.3) is 0 Å². The highest BCUT2D eigenvalue weighted by Gasteiger charge is 2.40. The molecule has 1 unspecified atom stereocenters. The van der Waals surface area contributed by atoms with E-state index in [0.717, 1.165) is 35.2 Å². The van der Waals surface area contributed by atoms with E-state index in [-0.39, 0.29) is 16.2 Å². The van der Waals surface area contributed by atoms with Crippen LogP contribution in [0.3, 0.4) is 0 Å². The molecule has 0 spiro atoms. The molecule has 5 heteroatoms. The minimum Gasteiger partial charge on any atom is -0.130 e. The van der Waals surface area contributed by atoms with Gasteiger partial charge in [-0.15, -0.1) is 27.1 Å². The van der Waals surface area contributed by atoms with Crippen molar-refractivity contribution < 1.29 is 0 Å². The molecular weight excluding hydrogens is 336 g/mol. The predicted molar refractivity (Wildman–Crippen MR) is 91.7 cm³/mol. The Morgan fingerprint density at radius 2 is 2.05 bits per heavy atom. The summed E-state index contributed by atoms with van der Waals surface area (Å²) in [6.07, 6.45) is 3.83. The fraction of sp³-hybridized carbons (Fsp3) is 0.733. The summed E-state index contributed by atoms with van der Waals surface area (Å²) in [5.41, 5.74) is 2.31. The maximum atomic E-state index is 6.48. The van der Waals surface area contributed by atoms with E-state index in [2.05, 4.69) is 27.0 Å². The molecule has 1 saturated carbocycles. The number of hydrogen-bond donors (Lipinski definition) is 0. The van der Waals surface area contributed by atoms with Crippen LogP contribution >= 0.6 is 46.8 Å². The van der Waals surface area contributed by atoms with Gasteiger partial charge in [-0.05, 0) is 60.6 Å². The van der Waals surface area contributed by atoms with Crippen molar-refractivity contribution in [3.63, 3.8) is 0 Å². The van der Waals surface area contributed by atoms with Gasteiger partial charge in [0, 0.05) is 5.38 Å². The van der Waals surface area contributed by atoms with Gasteiger partial charge in [-0.3, -0.25) is 0 Å². The second-order valence-electron chi connectivity index (χ2n) is 6.19. The summed E-state index contributed by atoms with van der Waals surface area (Å²) in [6.45, 7) is 13.1. The Morgan fingerprint density at radius 3 is 2.60 bits per heavy atom. The molecule has 1 rings (SSSR count). The van der Waals surface area contributed by atoms with E-state index in [1.54, 1.807) is 0 Å². The van der Waals surface area contributed by atoms with E-state index < -0.39 is 0 Å². The summed E-state index contributed by atoms with van der Waals surface area (Å²) >= 11 is 23.9. The van der Waals surface area contributed by atoms with Gasteiger partial charge < -0.3 is 0 Å². The van der Waals surface area contributed by atoms with Crippen LogP contribution in [-0.4, -0.2) is 21.2 Å². The Morgan fingerprint density at radius 1 is 1.45 bits per heavy atom. The van der Waals surface area contributed by atoms with Gasteiger partial charge in [-0.25, -0.2) is 0 Å². The number of nitrogens with zero attached hydrogens (tertiary/aromatic N) is 1. The molecule has 0 heterocycles. The van der Waals surface area contributed by atoms with Crippen molar-refractivity contribution in [2.24, 2.45) is 11.3 Å². The van der Waals surface area contributed by atoms with E-state index in [1.165, 1.54) is 5.57 Å². The standard InChI is InChI=1S/C15H23Cl4N/c1-10-6-8-14(17)15(3,4)12(10)7-5-11(2)13(16)9-20(18)19/h12-14H,1-2,5-9H2,3-4H3/t12-,13?,14+/m1/s1. The lowest BCUT2D eigenvalue weighted by Crippen LogP contribution is -2.38. The summed E-state index contributed by atoms with van der Waals surface area (Å²) in [4.78, 5) is 0. The van der Waals surface area contributed by atoms with Gasteiger partial charge in [-0.2, -0.15) is 0 Å². The summed E-state index contributed by atoms with van der Waals surface area (Å²) in [6, 6.07) is 0. The zero-order valence-electron chi connectivity index (χ0n) is 12.1. The fourth-order valence-electron chi connectivity index (χ4n) is 2.92. The molecule has 116 valence electrons. The molecule has 0 amide bonds. The van der Waals surface area contributed by atoms with Gasteiger partial charge in [0.25, 0.3) is 0 Å². The normalized spacial score (nSPS) is 27.6. The monoisotopic (exact) mass is 357 g/mol. The largest absolute Gasteiger partial charge is 0.130 e. The predicted octanol–water partition coefficient (Wildman–Crippen LogP) is 6.14. The lowest BCUT2D eigenvalue weighted by Gasteiger charge is -2.44. The molecule has 0 aliphatic heterocycles. The lowest BCUT2D eigenvalue weighted by atomic mass is 9.64. The van der Waals surface area contributed by atoms with Crippen molar-refractivity contribution >= 4 is 46.8 Å². The molecule has 0 aromatic carbocycles. The van der Waals surface area contributed by atoms with E-state index in [4.69, 9.17) is 46.8 Å². The van der Waals surface area contributed by atoms with Crippen molar-refractivity contribution in [3.8, 4) is 0 Å². The van der Waals surface area contributed by atoms with Crippen molar-refractivity contribution in [2.75, 3.05) is 6.54 Å². The molecule has 1 fully saturated rings. The summed E-state index contributed by atoms with van der Waals surface area (Å²) in [5, 5.41) is -0.0454. The van der Waals surface area contributed by atoms with Crippen molar-refractivity contribution in [3.05, 3.63) is 24.3 Å². The Hall–Kier alpha value is 0.600. The maximum absolute atomic E-state index is 6.48. The first-order valence-electron chi connectivity index (χ1n) is 6.88. The Bertz CT molecular complexity index is 365.